The van der Waals surface area contributed by atoms with Gasteiger partial charge in [0.1, 0.15) is 0 Å². The second kappa shape index (κ2) is 9.19. The minimum Gasteiger partial charge on any atom is -0.548 e. The number of nitrogens with one attached hydrogen (secondary N) is 1. The van der Waals surface area contributed by atoms with E-state index in [4.69, 9.17) is 0 Å². The number of aliphatic carboxylic acids is 1. The first-order valence-corrected chi connectivity index (χ1v) is 10.8. The molecular formula is C23H20N5O3S-. The first kappa shape index (κ1) is 21.5. The van der Waals surface area contributed by atoms with Crippen LogP contribution in [0.2, 0.25) is 0 Å². The predicted octanol–water partition coefficient (Wildman–Crippen LogP) is 2.38. The highest BCUT2D eigenvalue weighted by atomic mass is 32.2. The number of carbonyl (C=O) groups is 2. The Morgan fingerprint density at radius 3 is 2.44 bits per heavy atom. The number of carbonyl (C=O) groups excluding carboxylic acids is 2. The molecule has 8 nitrogen and oxygen atoms in total. The molecule has 2 aromatic carbocycles. The van der Waals surface area contributed by atoms with E-state index in [1.807, 2.05) is 56.3 Å². The van der Waals surface area contributed by atoms with Crippen LogP contribution >= 0.6 is 11.8 Å². The Kier molecular flexibility index (Phi) is 6.18. The summed E-state index contributed by atoms with van der Waals surface area (Å²) in [5.74, 6) is -1.66. The molecule has 1 aliphatic rings. The highest BCUT2D eigenvalue weighted by Gasteiger charge is 2.34. The van der Waals surface area contributed by atoms with Gasteiger partial charge in [0.2, 0.25) is 11.9 Å². The van der Waals surface area contributed by atoms with Crippen molar-refractivity contribution in [1.29, 1.82) is 0 Å². The molecule has 1 saturated heterocycles. The van der Waals surface area contributed by atoms with Gasteiger partial charge >= 0.3 is 0 Å². The van der Waals surface area contributed by atoms with Crippen LogP contribution in [0.25, 0.3) is 0 Å². The molecular weight excluding hydrogens is 426 g/mol. The lowest BCUT2D eigenvalue weighted by molar-refractivity contribution is -0.307. The molecule has 32 heavy (non-hydrogen) atoms. The number of hydrogen-bond acceptors (Lipinski definition) is 7. The lowest BCUT2D eigenvalue weighted by atomic mass is 10.1. The largest absolute Gasteiger partial charge is 0.548 e. The summed E-state index contributed by atoms with van der Waals surface area (Å²) >= 11 is 1.48. The van der Waals surface area contributed by atoms with Crippen LogP contribution in [0.4, 0.5) is 11.6 Å². The number of carboxylic acids is 1. The summed E-state index contributed by atoms with van der Waals surface area (Å²) in [6, 6.07) is 17.6. The molecule has 2 heterocycles. The van der Waals surface area contributed by atoms with Crippen molar-refractivity contribution in [3.05, 3.63) is 72.1 Å². The third kappa shape index (κ3) is 4.78. The number of para-hydroxylation sites is 1. The molecule has 162 valence electrons. The maximum Gasteiger partial charge on any atom is 0.253 e. The van der Waals surface area contributed by atoms with E-state index < -0.39 is 17.9 Å². The third-order valence-electron chi connectivity index (χ3n) is 4.71. The van der Waals surface area contributed by atoms with Crippen molar-refractivity contribution in [1.82, 2.24) is 15.3 Å². The van der Waals surface area contributed by atoms with Gasteiger partial charge in [0.25, 0.3) is 5.95 Å². The maximum atomic E-state index is 12.3. The molecule has 1 aliphatic heterocycles. The third-order valence-corrected chi connectivity index (χ3v) is 5.79. The van der Waals surface area contributed by atoms with Crippen molar-refractivity contribution >= 4 is 41.2 Å². The number of hydrogen-bond donors (Lipinski definition) is 1. The van der Waals surface area contributed by atoms with Crippen molar-refractivity contribution in [3.63, 3.8) is 0 Å². The van der Waals surface area contributed by atoms with Crippen LogP contribution in [0.3, 0.4) is 0 Å². The lowest BCUT2D eigenvalue weighted by Crippen LogP contribution is -2.61. The normalized spacial score (nSPS) is 17.3. The van der Waals surface area contributed by atoms with E-state index in [-0.39, 0.29) is 18.3 Å². The first-order chi connectivity index (χ1) is 15.4. The Bertz CT molecular complexity index is 1180. The minimum atomic E-state index is -1.37. The molecule has 1 amide bonds. The van der Waals surface area contributed by atoms with Crippen LogP contribution < -0.4 is 15.3 Å². The number of aliphatic imine (C=N–C) groups is 1. The number of aryl methyl sites for hydroxylation is 2. The fourth-order valence-electron chi connectivity index (χ4n) is 3.41. The molecule has 9 heteroatoms. The predicted molar refractivity (Wildman–Crippen MR) is 120 cm³/mol. The zero-order valence-electron chi connectivity index (χ0n) is 17.5. The van der Waals surface area contributed by atoms with Crippen molar-refractivity contribution in [3.8, 4) is 0 Å². The average molecular weight is 447 g/mol. The number of guanidine groups is 1. The Morgan fingerprint density at radius 2 is 1.75 bits per heavy atom. The quantitative estimate of drug-likeness (QED) is 0.641. The summed E-state index contributed by atoms with van der Waals surface area (Å²) < 4.78 is 0. The molecule has 1 aromatic heterocycles. The fourth-order valence-corrected chi connectivity index (χ4v) is 4.38. The van der Waals surface area contributed by atoms with Gasteiger partial charge in [-0.05, 0) is 44.2 Å². The summed E-state index contributed by atoms with van der Waals surface area (Å²) in [6.07, 6.45) is -0.264. The van der Waals surface area contributed by atoms with E-state index in [9.17, 15) is 14.7 Å². The van der Waals surface area contributed by atoms with Gasteiger partial charge < -0.3 is 14.8 Å². The van der Waals surface area contributed by atoms with Gasteiger partial charge in [-0.1, -0.05) is 42.1 Å². The molecule has 0 radical (unpaired) electrons. The topological polar surface area (TPSA) is 111 Å². The maximum absolute atomic E-state index is 12.3. The van der Waals surface area contributed by atoms with E-state index in [1.165, 1.54) is 16.7 Å². The molecule has 0 unspecified atom stereocenters. The molecule has 1 atom stereocenters. The number of anilines is 1. The summed E-state index contributed by atoms with van der Waals surface area (Å²) in [5.41, 5.74) is 2.00. The second-order valence-electron chi connectivity index (χ2n) is 7.23. The van der Waals surface area contributed by atoms with Gasteiger partial charge in [0.15, 0.2) is 0 Å². The van der Waals surface area contributed by atoms with Gasteiger partial charge in [-0.2, -0.15) is 4.99 Å². The van der Waals surface area contributed by atoms with Crippen LogP contribution in [0.15, 0.2) is 75.4 Å². The number of rotatable bonds is 5. The zero-order valence-corrected chi connectivity index (χ0v) is 18.3. The van der Waals surface area contributed by atoms with E-state index in [1.54, 1.807) is 18.2 Å². The molecule has 0 aliphatic carbocycles. The number of aromatic nitrogens is 2. The van der Waals surface area contributed by atoms with Crippen LogP contribution in [-0.4, -0.2) is 33.8 Å². The average Bonchev–Trinajstić information content (AvgIpc) is 2.74. The van der Waals surface area contributed by atoms with Gasteiger partial charge in [-0.15, -0.1) is 0 Å². The van der Waals surface area contributed by atoms with E-state index in [2.05, 4.69) is 20.3 Å². The molecule has 0 spiro atoms. The minimum absolute atomic E-state index is 0.0431. The van der Waals surface area contributed by atoms with Crippen LogP contribution in [0.1, 0.15) is 17.8 Å². The van der Waals surface area contributed by atoms with Crippen LogP contribution in [0, 0.1) is 13.8 Å². The Labute approximate surface area is 189 Å². The van der Waals surface area contributed by atoms with Crippen LogP contribution in [0.5, 0.6) is 0 Å². The number of carboxylic acid groups (broad SMARTS) is 1. The Morgan fingerprint density at radius 1 is 1.09 bits per heavy atom. The molecule has 1 fully saturated rings. The summed E-state index contributed by atoms with van der Waals surface area (Å²) in [7, 11) is 0. The Hall–Kier alpha value is -3.72. The fraction of sp³-hybridized carbons (Fsp3) is 0.174. The summed E-state index contributed by atoms with van der Waals surface area (Å²) in [6.45, 7) is 3.62. The zero-order chi connectivity index (χ0) is 22.7. The molecule has 3 aromatic rings. The highest BCUT2D eigenvalue weighted by molar-refractivity contribution is 7.99. The number of nitrogens with zero attached hydrogens (tertiary/aromatic N) is 4. The number of amides is 1. The van der Waals surface area contributed by atoms with Crippen molar-refractivity contribution in [2.75, 3.05) is 4.90 Å². The van der Waals surface area contributed by atoms with Crippen molar-refractivity contribution in [2.45, 2.75) is 36.1 Å². The van der Waals surface area contributed by atoms with E-state index in [0.717, 1.165) is 9.79 Å². The molecule has 0 bridgehead atoms. The van der Waals surface area contributed by atoms with Crippen LogP contribution in [-0.2, 0) is 9.59 Å². The highest BCUT2D eigenvalue weighted by Crippen LogP contribution is 2.37. The number of benzene rings is 2. The van der Waals surface area contributed by atoms with Gasteiger partial charge in [0, 0.05) is 21.2 Å². The smallest absolute Gasteiger partial charge is 0.253 e. The molecule has 1 N–H and O–H groups in total. The van der Waals surface area contributed by atoms with Crippen molar-refractivity contribution < 1.29 is 14.7 Å². The Balaban J connectivity index is 1.83. The summed E-state index contributed by atoms with van der Waals surface area (Å²) in [4.78, 5) is 40.6. The van der Waals surface area contributed by atoms with Gasteiger partial charge in [0.05, 0.1) is 24.1 Å². The first-order valence-electron chi connectivity index (χ1n) is 9.93. The van der Waals surface area contributed by atoms with E-state index >= 15 is 0 Å². The lowest BCUT2D eigenvalue weighted by Gasteiger charge is -2.38. The standard InChI is InChI=1S/C23H21N5O3S/c1-14-12-15(2)25-22(24-14)27-23-26-20(29)13-18(21(30)31)28(23)17-10-6-7-11-19(17)32-16-8-4-3-5-9-16/h3-12,18H,13H2,1-2H3,(H,30,31)(H,24,25,26,27,29)/p-1/t18-/m0/s1. The molecule has 0 saturated carbocycles. The van der Waals surface area contributed by atoms with Gasteiger partial charge in [-0.3, -0.25) is 10.1 Å². The SMILES string of the molecule is Cc1cc(C)nc(/N=C2\NC(=O)C[C@@H](C(=O)[O-])N2c2ccccc2Sc2ccccc2)n1. The van der Waals surface area contributed by atoms with Gasteiger partial charge in [-0.25, -0.2) is 9.97 Å². The van der Waals surface area contributed by atoms with Crippen molar-refractivity contribution in [2.24, 2.45) is 4.99 Å². The monoisotopic (exact) mass is 446 g/mol. The molecule has 4 rings (SSSR count). The van der Waals surface area contributed by atoms with E-state index in [0.29, 0.717) is 17.1 Å². The summed E-state index contributed by atoms with van der Waals surface area (Å²) in [5, 5.41) is 14.7. The second-order valence-corrected chi connectivity index (χ2v) is 8.34.